The molecule has 4 heteroatoms. The van der Waals surface area contributed by atoms with Gasteiger partial charge in [0.1, 0.15) is 5.75 Å². The maximum atomic E-state index is 11.3. The normalized spacial score (nSPS) is 10.9. The van der Waals surface area contributed by atoms with E-state index in [0.29, 0.717) is 11.3 Å². The Morgan fingerprint density at radius 3 is 2.56 bits per heavy atom. The molecule has 0 radical (unpaired) electrons. The van der Waals surface area contributed by atoms with E-state index in [4.69, 9.17) is 0 Å². The van der Waals surface area contributed by atoms with Gasteiger partial charge in [-0.05, 0) is 18.2 Å². The van der Waals surface area contributed by atoms with Crippen LogP contribution in [0.4, 0.5) is 0 Å². The van der Waals surface area contributed by atoms with Gasteiger partial charge in [-0.15, -0.1) is 0 Å². The molecule has 2 N–H and O–H groups in total. The second-order valence-electron chi connectivity index (χ2n) is 3.95. The molecule has 0 unspecified atom stereocenters. The number of pyridine rings is 1. The van der Waals surface area contributed by atoms with Gasteiger partial charge in [0.15, 0.2) is 5.75 Å². The lowest BCUT2D eigenvalue weighted by molar-refractivity contribution is 0.463. The molecule has 0 saturated carbocycles. The summed E-state index contributed by atoms with van der Waals surface area (Å²) in [6, 6.07) is 8.25. The minimum atomic E-state index is -0.426. The number of hydrogen-bond acceptors (Lipinski definition) is 3. The fraction of sp³-hybridized carbons (Fsp3) is 0.0714. The monoisotopic (exact) mass is 243 g/mol. The Bertz CT molecular complexity index is 656. The van der Waals surface area contributed by atoms with E-state index < -0.39 is 5.43 Å². The lowest BCUT2D eigenvalue weighted by Crippen LogP contribution is -2.06. The van der Waals surface area contributed by atoms with Crippen molar-refractivity contribution in [1.29, 1.82) is 0 Å². The highest BCUT2D eigenvalue weighted by Crippen LogP contribution is 2.18. The van der Waals surface area contributed by atoms with Crippen molar-refractivity contribution < 1.29 is 10.2 Å². The Kier molecular flexibility index (Phi) is 3.19. The number of hydrogen-bond donors (Lipinski definition) is 2. The molecule has 0 aliphatic heterocycles. The molecule has 1 aromatic carbocycles. The summed E-state index contributed by atoms with van der Waals surface area (Å²) in [5.41, 5.74) is 0.879. The van der Waals surface area contributed by atoms with E-state index in [-0.39, 0.29) is 11.5 Å². The first-order valence-corrected chi connectivity index (χ1v) is 5.43. The predicted molar refractivity (Wildman–Crippen MR) is 70.4 cm³/mol. The zero-order chi connectivity index (χ0) is 13.1. The number of nitrogens with zero attached hydrogens (tertiary/aromatic N) is 1. The first-order valence-electron chi connectivity index (χ1n) is 5.43. The van der Waals surface area contributed by atoms with Gasteiger partial charge >= 0.3 is 0 Å². The van der Waals surface area contributed by atoms with E-state index in [1.165, 1.54) is 12.3 Å². The number of rotatable bonds is 2. The number of para-hydroxylation sites is 1. The standard InChI is InChI=1S/C14H13NO3/c1-15-9-14(18)13(17)8-11(15)7-6-10-4-2-3-5-12(10)16/h2-9,16,18H,1H3/b7-6+. The summed E-state index contributed by atoms with van der Waals surface area (Å²) in [4.78, 5) is 11.3. The summed E-state index contributed by atoms with van der Waals surface area (Å²) in [5, 5.41) is 18.9. The Morgan fingerprint density at radius 1 is 1.11 bits per heavy atom. The third kappa shape index (κ3) is 2.43. The van der Waals surface area contributed by atoms with E-state index in [0.717, 1.165) is 0 Å². The molecule has 0 fully saturated rings. The van der Waals surface area contributed by atoms with Crippen LogP contribution in [0.1, 0.15) is 11.3 Å². The van der Waals surface area contributed by atoms with Crippen LogP contribution in [0.2, 0.25) is 0 Å². The zero-order valence-corrected chi connectivity index (χ0v) is 9.87. The first-order chi connectivity index (χ1) is 8.58. The minimum Gasteiger partial charge on any atom is -0.507 e. The molecule has 0 bridgehead atoms. The van der Waals surface area contributed by atoms with Gasteiger partial charge in [-0.2, -0.15) is 0 Å². The zero-order valence-electron chi connectivity index (χ0n) is 9.87. The summed E-state index contributed by atoms with van der Waals surface area (Å²) in [6.07, 6.45) is 4.77. The average Bonchev–Trinajstić information content (AvgIpc) is 2.34. The molecule has 0 atom stereocenters. The van der Waals surface area contributed by atoms with E-state index in [2.05, 4.69) is 0 Å². The molecule has 2 rings (SSSR count). The third-order valence-corrected chi connectivity index (χ3v) is 2.63. The molecule has 0 spiro atoms. The van der Waals surface area contributed by atoms with Crippen molar-refractivity contribution >= 4 is 12.2 Å². The predicted octanol–water partition coefficient (Wildman–Crippen LogP) is 1.97. The quantitative estimate of drug-likeness (QED) is 0.847. The molecule has 0 saturated heterocycles. The van der Waals surface area contributed by atoms with E-state index in [1.54, 1.807) is 42.0 Å². The van der Waals surface area contributed by atoms with Gasteiger partial charge in [0.2, 0.25) is 5.43 Å². The van der Waals surface area contributed by atoms with Crippen molar-refractivity contribution in [3.8, 4) is 11.5 Å². The molecule has 1 heterocycles. The Hall–Kier alpha value is -2.49. The maximum absolute atomic E-state index is 11.3. The Balaban J connectivity index is 2.38. The molecule has 92 valence electrons. The van der Waals surface area contributed by atoms with Crippen LogP contribution >= 0.6 is 0 Å². The number of aryl methyl sites for hydroxylation is 1. The van der Waals surface area contributed by atoms with Gasteiger partial charge in [0, 0.05) is 30.6 Å². The number of phenolic OH excluding ortho intramolecular Hbond substituents is 1. The lowest BCUT2D eigenvalue weighted by atomic mass is 10.1. The third-order valence-electron chi connectivity index (χ3n) is 2.63. The van der Waals surface area contributed by atoms with Gasteiger partial charge in [-0.25, -0.2) is 0 Å². The molecule has 0 amide bonds. The largest absolute Gasteiger partial charge is 0.507 e. The Morgan fingerprint density at radius 2 is 1.83 bits per heavy atom. The van der Waals surface area contributed by atoms with Gasteiger partial charge in [0.05, 0.1) is 0 Å². The average molecular weight is 243 g/mol. The topological polar surface area (TPSA) is 62.5 Å². The molecule has 0 aliphatic rings. The molecule has 4 nitrogen and oxygen atoms in total. The lowest BCUT2D eigenvalue weighted by Gasteiger charge is -2.04. The summed E-state index contributed by atoms with van der Waals surface area (Å²) < 4.78 is 1.63. The highest BCUT2D eigenvalue weighted by molar-refractivity contribution is 5.71. The molecule has 0 aliphatic carbocycles. The van der Waals surface area contributed by atoms with Crippen LogP contribution in [0, 0.1) is 0 Å². The second kappa shape index (κ2) is 4.79. The molecular weight excluding hydrogens is 230 g/mol. The van der Waals surface area contributed by atoms with Gasteiger partial charge in [0.25, 0.3) is 0 Å². The summed E-state index contributed by atoms with van der Waals surface area (Å²) in [5.74, 6) is -0.102. The first kappa shape index (κ1) is 12.0. The molecule has 1 aromatic heterocycles. The molecule has 2 aromatic rings. The van der Waals surface area contributed by atoms with Crippen LogP contribution in [0.3, 0.4) is 0 Å². The van der Waals surface area contributed by atoms with E-state index >= 15 is 0 Å². The van der Waals surface area contributed by atoms with Crippen LogP contribution in [-0.4, -0.2) is 14.8 Å². The summed E-state index contributed by atoms with van der Waals surface area (Å²) in [6.45, 7) is 0. The van der Waals surface area contributed by atoms with Crippen LogP contribution in [-0.2, 0) is 7.05 Å². The summed E-state index contributed by atoms with van der Waals surface area (Å²) in [7, 11) is 1.73. The van der Waals surface area contributed by atoms with Gasteiger partial charge in [-0.3, -0.25) is 4.79 Å². The van der Waals surface area contributed by atoms with Crippen LogP contribution < -0.4 is 5.43 Å². The molecular formula is C14H13NO3. The number of phenols is 1. The fourth-order valence-electron chi connectivity index (χ4n) is 1.60. The van der Waals surface area contributed by atoms with Crippen molar-refractivity contribution in [3.05, 3.63) is 58.0 Å². The number of aromatic nitrogens is 1. The van der Waals surface area contributed by atoms with E-state index in [1.807, 2.05) is 6.07 Å². The fourth-order valence-corrected chi connectivity index (χ4v) is 1.60. The number of benzene rings is 1. The SMILES string of the molecule is Cn1cc(O)c(=O)cc1/C=C/c1ccccc1O. The maximum Gasteiger partial charge on any atom is 0.223 e. The smallest absolute Gasteiger partial charge is 0.223 e. The van der Waals surface area contributed by atoms with Crippen molar-refractivity contribution in [2.75, 3.05) is 0 Å². The van der Waals surface area contributed by atoms with Crippen molar-refractivity contribution in [1.82, 2.24) is 4.57 Å². The minimum absolute atomic E-state index is 0.178. The van der Waals surface area contributed by atoms with Crippen molar-refractivity contribution in [2.24, 2.45) is 7.05 Å². The van der Waals surface area contributed by atoms with Gasteiger partial charge < -0.3 is 14.8 Å². The van der Waals surface area contributed by atoms with Crippen molar-refractivity contribution in [3.63, 3.8) is 0 Å². The van der Waals surface area contributed by atoms with Crippen molar-refractivity contribution in [2.45, 2.75) is 0 Å². The Labute approximate surface area is 104 Å². The van der Waals surface area contributed by atoms with Crippen LogP contribution in [0.5, 0.6) is 11.5 Å². The highest BCUT2D eigenvalue weighted by atomic mass is 16.3. The van der Waals surface area contributed by atoms with Crippen LogP contribution in [0.25, 0.3) is 12.2 Å². The van der Waals surface area contributed by atoms with E-state index in [9.17, 15) is 15.0 Å². The molecule has 18 heavy (non-hydrogen) atoms. The second-order valence-corrected chi connectivity index (χ2v) is 3.95. The van der Waals surface area contributed by atoms with Crippen LogP contribution in [0.15, 0.2) is 41.3 Å². The number of aromatic hydroxyl groups is 2. The van der Waals surface area contributed by atoms with Gasteiger partial charge in [-0.1, -0.05) is 18.2 Å². The highest BCUT2D eigenvalue weighted by Gasteiger charge is 2.00. The summed E-state index contributed by atoms with van der Waals surface area (Å²) >= 11 is 0.